The van der Waals surface area contributed by atoms with Gasteiger partial charge >= 0.3 is 0 Å². The topological polar surface area (TPSA) is 8.17 Å². The summed E-state index contributed by atoms with van der Waals surface area (Å²) in [5.74, 6) is 0. The van der Waals surface area contributed by atoms with Gasteiger partial charge in [0.2, 0.25) is 0 Å². The van der Waals surface area contributed by atoms with E-state index in [9.17, 15) is 0 Å². The molecule has 0 saturated heterocycles. The number of rotatable bonds is 9. The molecule has 1 heterocycles. The largest absolute Gasteiger partial charge is 0.310 e. The SMILES string of the molecule is c1ccc(-c2ccc(N(c3ccc(-c4ccccc4-c4ccccc4)cc3)c3ccc4c5ccccc5n(-c5ccccc5-c5cccc(-c6ccccc6)c5)c4c3)cc2)cc1. The molecule has 0 atom stereocenters. The van der Waals surface area contributed by atoms with Crippen molar-refractivity contribution < 1.29 is 0 Å². The van der Waals surface area contributed by atoms with Gasteiger partial charge in [0.15, 0.2) is 0 Å². The van der Waals surface area contributed by atoms with Gasteiger partial charge in [0.05, 0.1) is 16.7 Å². The summed E-state index contributed by atoms with van der Waals surface area (Å²) in [6, 6.07) is 92.0. The first-order valence-corrected chi connectivity index (χ1v) is 21.3. The highest BCUT2D eigenvalue weighted by Crippen LogP contribution is 2.43. The lowest BCUT2D eigenvalue weighted by molar-refractivity contribution is 1.18. The van der Waals surface area contributed by atoms with Gasteiger partial charge in [-0.25, -0.2) is 0 Å². The van der Waals surface area contributed by atoms with Gasteiger partial charge < -0.3 is 9.47 Å². The van der Waals surface area contributed by atoms with E-state index in [2.05, 4.69) is 264 Å². The molecular formula is C60H42N2. The Morgan fingerprint density at radius 1 is 0.242 bits per heavy atom. The molecule has 10 aromatic carbocycles. The smallest absolute Gasteiger partial charge is 0.0562 e. The fourth-order valence-electron chi connectivity index (χ4n) is 9.04. The number of hydrogen-bond acceptors (Lipinski definition) is 1. The fourth-order valence-corrected chi connectivity index (χ4v) is 9.04. The molecular weight excluding hydrogens is 749 g/mol. The Bertz CT molecular complexity index is 3310. The molecule has 0 amide bonds. The van der Waals surface area contributed by atoms with E-state index in [0.717, 1.165) is 28.3 Å². The third-order valence-corrected chi connectivity index (χ3v) is 12.0. The van der Waals surface area contributed by atoms with Crippen LogP contribution in [-0.4, -0.2) is 4.57 Å². The van der Waals surface area contributed by atoms with Gasteiger partial charge in [0, 0.05) is 33.4 Å². The molecule has 0 aliphatic rings. The molecule has 2 nitrogen and oxygen atoms in total. The van der Waals surface area contributed by atoms with E-state index in [1.807, 2.05) is 0 Å². The fraction of sp³-hybridized carbons (Fsp3) is 0. The minimum absolute atomic E-state index is 1.08. The van der Waals surface area contributed by atoms with E-state index >= 15 is 0 Å². The molecule has 11 aromatic rings. The van der Waals surface area contributed by atoms with Crippen LogP contribution in [0.25, 0.3) is 83.1 Å². The minimum Gasteiger partial charge on any atom is -0.310 e. The van der Waals surface area contributed by atoms with Crippen molar-refractivity contribution in [2.24, 2.45) is 0 Å². The van der Waals surface area contributed by atoms with Crippen LogP contribution in [-0.2, 0) is 0 Å². The molecule has 0 saturated carbocycles. The standard InChI is InChI=1S/C60H42N2/c1-4-17-43(18-5-1)45-31-35-50(36-32-45)61(51-37-33-47(34-38-51)54-26-11-10-25-53(54)46-21-8-3-9-22-46)52-39-40-57-56-28-13-15-30-59(56)62(60(57)42-52)58-29-14-12-27-55(58)49-24-16-23-48(41-49)44-19-6-2-7-20-44/h1-42H. The van der Waals surface area contributed by atoms with Crippen molar-refractivity contribution in [2.75, 3.05) is 4.90 Å². The van der Waals surface area contributed by atoms with Crippen LogP contribution in [0.15, 0.2) is 255 Å². The molecule has 292 valence electrons. The molecule has 0 bridgehead atoms. The zero-order valence-electron chi connectivity index (χ0n) is 34.1. The highest BCUT2D eigenvalue weighted by molar-refractivity contribution is 6.11. The van der Waals surface area contributed by atoms with Crippen LogP contribution in [0.2, 0.25) is 0 Å². The Kier molecular flexibility index (Phi) is 9.57. The average molecular weight is 791 g/mol. The second kappa shape index (κ2) is 16.1. The van der Waals surface area contributed by atoms with E-state index in [1.54, 1.807) is 0 Å². The van der Waals surface area contributed by atoms with Gasteiger partial charge in [-0.05, 0) is 105 Å². The van der Waals surface area contributed by atoms with Gasteiger partial charge in [-0.15, -0.1) is 0 Å². The van der Waals surface area contributed by atoms with Gasteiger partial charge in [0.1, 0.15) is 0 Å². The summed E-state index contributed by atoms with van der Waals surface area (Å²) in [6.45, 7) is 0. The first kappa shape index (κ1) is 36.8. The predicted octanol–water partition coefficient (Wildman–Crippen LogP) is 16.6. The van der Waals surface area contributed by atoms with Crippen LogP contribution in [0.4, 0.5) is 17.1 Å². The van der Waals surface area contributed by atoms with Crippen LogP contribution >= 0.6 is 0 Å². The summed E-state index contributed by atoms with van der Waals surface area (Å²) in [6.07, 6.45) is 0. The first-order chi connectivity index (χ1) is 30.8. The average Bonchev–Trinajstić information content (AvgIpc) is 3.69. The zero-order chi connectivity index (χ0) is 41.2. The van der Waals surface area contributed by atoms with Crippen molar-refractivity contribution in [3.05, 3.63) is 255 Å². The van der Waals surface area contributed by atoms with Crippen LogP contribution in [0.5, 0.6) is 0 Å². The maximum Gasteiger partial charge on any atom is 0.0562 e. The Hall–Kier alpha value is -8.20. The van der Waals surface area contributed by atoms with Crippen LogP contribution < -0.4 is 4.90 Å². The van der Waals surface area contributed by atoms with Crippen molar-refractivity contribution >= 4 is 38.9 Å². The lowest BCUT2D eigenvalue weighted by Crippen LogP contribution is -2.10. The van der Waals surface area contributed by atoms with Gasteiger partial charge in [-0.1, -0.05) is 200 Å². The molecule has 1 aromatic heterocycles. The molecule has 2 heteroatoms. The molecule has 0 N–H and O–H groups in total. The quantitative estimate of drug-likeness (QED) is 0.141. The highest BCUT2D eigenvalue weighted by atomic mass is 15.1. The Morgan fingerprint density at radius 3 is 1.34 bits per heavy atom. The van der Waals surface area contributed by atoms with Crippen LogP contribution in [0.3, 0.4) is 0 Å². The summed E-state index contributed by atoms with van der Waals surface area (Å²) in [4.78, 5) is 2.39. The maximum atomic E-state index is 2.46. The molecule has 62 heavy (non-hydrogen) atoms. The number of aromatic nitrogens is 1. The monoisotopic (exact) mass is 790 g/mol. The van der Waals surface area contributed by atoms with E-state index in [4.69, 9.17) is 0 Å². The highest BCUT2D eigenvalue weighted by Gasteiger charge is 2.20. The van der Waals surface area contributed by atoms with E-state index in [1.165, 1.54) is 71.9 Å². The molecule has 0 aliphatic carbocycles. The van der Waals surface area contributed by atoms with E-state index in [-0.39, 0.29) is 0 Å². The molecule has 0 radical (unpaired) electrons. The molecule has 0 spiro atoms. The van der Waals surface area contributed by atoms with Crippen LogP contribution in [0.1, 0.15) is 0 Å². The van der Waals surface area contributed by atoms with Crippen molar-refractivity contribution in [2.45, 2.75) is 0 Å². The molecule has 0 unspecified atom stereocenters. The lowest BCUT2D eigenvalue weighted by Gasteiger charge is -2.26. The summed E-state index contributed by atoms with van der Waals surface area (Å²) in [5, 5.41) is 2.44. The summed E-state index contributed by atoms with van der Waals surface area (Å²) in [5.41, 5.74) is 18.7. The lowest BCUT2D eigenvalue weighted by atomic mass is 9.94. The molecule has 0 aliphatic heterocycles. The van der Waals surface area contributed by atoms with Gasteiger partial charge in [0.25, 0.3) is 0 Å². The predicted molar refractivity (Wildman–Crippen MR) is 263 cm³/mol. The third-order valence-electron chi connectivity index (χ3n) is 12.0. The Balaban J connectivity index is 1.07. The minimum atomic E-state index is 1.08. The summed E-state index contributed by atoms with van der Waals surface area (Å²) >= 11 is 0. The van der Waals surface area contributed by atoms with Crippen molar-refractivity contribution in [1.29, 1.82) is 0 Å². The first-order valence-electron chi connectivity index (χ1n) is 21.3. The zero-order valence-corrected chi connectivity index (χ0v) is 34.1. The Morgan fingerprint density at radius 2 is 0.677 bits per heavy atom. The van der Waals surface area contributed by atoms with Gasteiger partial charge in [-0.2, -0.15) is 0 Å². The normalized spacial score (nSPS) is 11.2. The number of para-hydroxylation sites is 2. The van der Waals surface area contributed by atoms with Crippen molar-refractivity contribution in [1.82, 2.24) is 4.57 Å². The van der Waals surface area contributed by atoms with E-state index in [0.29, 0.717) is 0 Å². The molecule has 0 fully saturated rings. The van der Waals surface area contributed by atoms with Crippen molar-refractivity contribution in [3.63, 3.8) is 0 Å². The van der Waals surface area contributed by atoms with Crippen LogP contribution in [0, 0.1) is 0 Å². The van der Waals surface area contributed by atoms with Crippen molar-refractivity contribution in [3.8, 4) is 61.3 Å². The number of anilines is 3. The molecule has 11 rings (SSSR count). The Labute approximate surface area is 362 Å². The third kappa shape index (κ3) is 6.84. The summed E-state index contributed by atoms with van der Waals surface area (Å²) < 4.78 is 2.46. The van der Waals surface area contributed by atoms with Gasteiger partial charge in [-0.3, -0.25) is 0 Å². The number of benzene rings is 10. The number of hydrogen-bond donors (Lipinski definition) is 0. The van der Waals surface area contributed by atoms with E-state index < -0.39 is 0 Å². The summed E-state index contributed by atoms with van der Waals surface area (Å²) in [7, 11) is 0. The maximum absolute atomic E-state index is 2.46. The number of fused-ring (bicyclic) bond motifs is 3. The second-order valence-corrected chi connectivity index (χ2v) is 15.7. The number of nitrogens with zero attached hydrogens (tertiary/aromatic N) is 2. The second-order valence-electron chi connectivity index (χ2n) is 15.7.